The first kappa shape index (κ1) is 10.9. The van der Waals surface area contributed by atoms with Gasteiger partial charge >= 0.3 is 0 Å². The Morgan fingerprint density at radius 2 is 1.73 bits per heavy atom. The van der Waals surface area contributed by atoms with Crippen molar-refractivity contribution in [3.63, 3.8) is 0 Å². The molecule has 0 spiro atoms. The SMILES string of the molecule is CCC.COC1(C)CN(C)C1. The van der Waals surface area contributed by atoms with Crippen LogP contribution in [-0.2, 0) is 4.74 Å². The zero-order valence-electron chi connectivity index (χ0n) is 8.48. The van der Waals surface area contributed by atoms with E-state index in [1.807, 2.05) is 0 Å². The number of likely N-dealkylation sites (tertiary alicyclic amines) is 1. The van der Waals surface area contributed by atoms with Gasteiger partial charge in [-0.05, 0) is 14.0 Å². The van der Waals surface area contributed by atoms with Gasteiger partial charge in [-0.2, -0.15) is 0 Å². The van der Waals surface area contributed by atoms with Gasteiger partial charge in [0.2, 0.25) is 0 Å². The first-order chi connectivity index (χ1) is 5.08. The van der Waals surface area contributed by atoms with E-state index in [1.54, 1.807) is 7.11 Å². The maximum Gasteiger partial charge on any atom is 0.0902 e. The van der Waals surface area contributed by atoms with E-state index >= 15 is 0 Å². The van der Waals surface area contributed by atoms with E-state index < -0.39 is 0 Å². The minimum absolute atomic E-state index is 0.161. The van der Waals surface area contributed by atoms with Crippen LogP contribution in [0.15, 0.2) is 0 Å². The lowest BCUT2D eigenvalue weighted by molar-refractivity contribution is -0.100. The van der Waals surface area contributed by atoms with Crippen LogP contribution in [0.1, 0.15) is 27.2 Å². The summed E-state index contributed by atoms with van der Waals surface area (Å²) < 4.78 is 5.20. The summed E-state index contributed by atoms with van der Waals surface area (Å²) >= 11 is 0. The minimum Gasteiger partial charge on any atom is -0.376 e. The summed E-state index contributed by atoms with van der Waals surface area (Å²) in [4.78, 5) is 2.24. The first-order valence-electron chi connectivity index (χ1n) is 4.31. The summed E-state index contributed by atoms with van der Waals surface area (Å²) in [6.45, 7) is 8.53. The van der Waals surface area contributed by atoms with Crippen molar-refractivity contribution in [1.29, 1.82) is 0 Å². The van der Waals surface area contributed by atoms with Crippen molar-refractivity contribution in [1.82, 2.24) is 4.90 Å². The number of likely N-dealkylation sites (N-methyl/N-ethyl adjacent to an activating group) is 1. The molecule has 1 fully saturated rings. The second-order valence-electron chi connectivity index (χ2n) is 3.53. The van der Waals surface area contributed by atoms with Gasteiger partial charge in [-0.1, -0.05) is 20.3 Å². The highest BCUT2D eigenvalue weighted by Gasteiger charge is 2.35. The fraction of sp³-hybridized carbons (Fsp3) is 1.00. The molecule has 0 unspecified atom stereocenters. The van der Waals surface area contributed by atoms with E-state index in [2.05, 4.69) is 32.7 Å². The van der Waals surface area contributed by atoms with Gasteiger partial charge in [0.1, 0.15) is 0 Å². The van der Waals surface area contributed by atoms with Crippen LogP contribution in [0, 0.1) is 0 Å². The van der Waals surface area contributed by atoms with Gasteiger partial charge in [0, 0.05) is 20.2 Å². The van der Waals surface area contributed by atoms with Gasteiger partial charge in [0.05, 0.1) is 5.60 Å². The molecule has 0 aromatic rings. The van der Waals surface area contributed by atoms with Crippen molar-refractivity contribution in [3.05, 3.63) is 0 Å². The Hall–Kier alpha value is -0.0800. The van der Waals surface area contributed by atoms with Crippen LogP contribution in [0.4, 0.5) is 0 Å². The molecule has 0 N–H and O–H groups in total. The second-order valence-corrected chi connectivity index (χ2v) is 3.53. The molecule has 0 saturated carbocycles. The van der Waals surface area contributed by atoms with Crippen molar-refractivity contribution >= 4 is 0 Å². The fourth-order valence-electron chi connectivity index (χ4n) is 1.22. The monoisotopic (exact) mass is 159 g/mol. The molecular weight excluding hydrogens is 138 g/mol. The maximum atomic E-state index is 5.20. The lowest BCUT2D eigenvalue weighted by Crippen LogP contribution is -2.58. The molecule has 2 heteroatoms. The van der Waals surface area contributed by atoms with Gasteiger partial charge < -0.3 is 9.64 Å². The molecule has 11 heavy (non-hydrogen) atoms. The highest BCUT2D eigenvalue weighted by molar-refractivity contribution is 4.90. The van der Waals surface area contributed by atoms with E-state index in [4.69, 9.17) is 4.74 Å². The van der Waals surface area contributed by atoms with Crippen molar-refractivity contribution in [2.45, 2.75) is 32.8 Å². The quantitative estimate of drug-likeness (QED) is 0.578. The minimum atomic E-state index is 0.161. The molecule has 0 bridgehead atoms. The van der Waals surface area contributed by atoms with Gasteiger partial charge in [-0.25, -0.2) is 0 Å². The average molecular weight is 159 g/mol. The number of nitrogens with zero attached hydrogens (tertiary/aromatic N) is 1. The average Bonchev–Trinajstić information content (AvgIpc) is 1.87. The summed E-state index contributed by atoms with van der Waals surface area (Å²) in [6, 6.07) is 0. The van der Waals surface area contributed by atoms with Crippen LogP contribution >= 0.6 is 0 Å². The van der Waals surface area contributed by atoms with Crippen molar-refractivity contribution in [2.24, 2.45) is 0 Å². The highest BCUT2D eigenvalue weighted by atomic mass is 16.5. The molecule has 1 aliphatic heterocycles. The van der Waals surface area contributed by atoms with Crippen LogP contribution in [0.3, 0.4) is 0 Å². The summed E-state index contributed by atoms with van der Waals surface area (Å²) in [6.07, 6.45) is 1.25. The van der Waals surface area contributed by atoms with E-state index in [0.29, 0.717) is 0 Å². The molecule has 0 radical (unpaired) electrons. The smallest absolute Gasteiger partial charge is 0.0902 e. The van der Waals surface area contributed by atoms with Crippen LogP contribution < -0.4 is 0 Å². The van der Waals surface area contributed by atoms with Gasteiger partial charge in [0.25, 0.3) is 0 Å². The molecule has 0 aromatic heterocycles. The molecule has 1 rings (SSSR count). The Morgan fingerprint density at radius 3 is 1.82 bits per heavy atom. The Morgan fingerprint density at radius 1 is 1.36 bits per heavy atom. The summed E-state index contributed by atoms with van der Waals surface area (Å²) in [5.74, 6) is 0. The summed E-state index contributed by atoms with van der Waals surface area (Å²) in [5, 5.41) is 0. The molecule has 2 nitrogen and oxygen atoms in total. The van der Waals surface area contributed by atoms with E-state index in [9.17, 15) is 0 Å². The van der Waals surface area contributed by atoms with Gasteiger partial charge in [0.15, 0.2) is 0 Å². The zero-order valence-corrected chi connectivity index (χ0v) is 8.48. The van der Waals surface area contributed by atoms with E-state index in [0.717, 1.165) is 13.1 Å². The van der Waals surface area contributed by atoms with Crippen molar-refractivity contribution < 1.29 is 4.74 Å². The highest BCUT2D eigenvalue weighted by Crippen LogP contribution is 2.20. The predicted molar refractivity (Wildman–Crippen MR) is 48.9 cm³/mol. The molecular formula is C9H21NO. The van der Waals surface area contributed by atoms with Crippen molar-refractivity contribution in [2.75, 3.05) is 27.2 Å². The summed E-state index contributed by atoms with van der Waals surface area (Å²) in [7, 11) is 3.87. The molecule has 0 atom stereocenters. The number of hydrogen-bond acceptors (Lipinski definition) is 2. The molecule has 1 heterocycles. The van der Waals surface area contributed by atoms with Gasteiger partial charge in [-0.3, -0.25) is 0 Å². The third kappa shape index (κ3) is 3.73. The fourth-order valence-corrected chi connectivity index (χ4v) is 1.22. The predicted octanol–water partition coefficient (Wildman–Crippen LogP) is 1.75. The van der Waals surface area contributed by atoms with Gasteiger partial charge in [-0.15, -0.1) is 0 Å². The van der Waals surface area contributed by atoms with Crippen LogP contribution in [0.2, 0.25) is 0 Å². The largest absolute Gasteiger partial charge is 0.376 e. The maximum absolute atomic E-state index is 5.20. The molecule has 68 valence electrons. The molecule has 1 saturated heterocycles. The van der Waals surface area contributed by atoms with E-state index in [-0.39, 0.29) is 5.60 Å². The Balaban J connectivity index is 0.000000292. The van der Waals surface area contributed by atoms with Crippen LogP contribution in [0.25, 0.3) is 0 Å². The standard InChI is InChI=1S/C6H13NO.C3H8/c1-6(8-3)4-7(2)5-6;1-3-2/h4-5H2,1-3H3;3H2,1-2H3. The number of methoxy groups -OCH3 is 1. The molecule has 0 aliphatic carbocycles. The van der Waals surface area contributed by atoms with E-state index in [1.165, 1.54) is 6.42 Å². The normalized spacial score (nSPS) is 21.5. The Labute approximate surface area is 70.5 Å². The first-order valence-corrected chi connectivity index (χ1v) is 4.31. The number of ether oxygens (including phenoxy) is 1. The number of hydrogen-bond donors (Lipinski definition) is 0. The Kier molecular flexibility index (Phi) is 4.69. The molecule has 0 amide bonds. The summed E-state index contributed by atoms with van der Waals surface area (Å²) in [5.41, 5.74) is 0.161. The third-order valence-corrected chi connectivity index (χ3v) is 1.70. The second kappa shape index (κ2) is 4.73. The molecule has 0 aromatic carbocycles. The van der Waals surface area contributed by atoms with Crippen LogP contribution in [-0.4, -0.2) is 37.7 Å². The third-order valence-electron chi connectivity index (χ3n) is 1.70. The number of rotatable bonds is 1. The molecule has 1 aliphatic rings. The Bertz CT molecular complexity index is 97.7. The lowest BCUT2D eigenvalue weighted by atomic mass is 9.98. The topological polar surface area (TPSA) is 12.5 Å². The zero-order chi connectivity index (χ0) is 8.91. The van der Waals surface area contributed by atoms with Crippen molar-refractivity contribution in [3.8, 4) is 0 Å². The lowest BCUT2D eigenvalue weighted by Gasteiger charge is -2.44. The van der Waals surface area contributed by atoms with Crippen LogP contribution in [0.5, 0.6) is 0 Å².